The predicted octanol–water partition coefficient (Wildman–Crippen LogP) is 8.11. The number of benzene rings is 4. The van der Waals surface area contributed by atoms with Crippen LogP contribution in [0.3, 0.4) is 0 Å². The molecule has 0 saturated carbocycles. The van der Waals surface area contributed by atoms with Gasteiger partial charge in [0, 0.05) is 146 Å². The highest BCUT2D eigenvalue weighted by Crippen LogP contribution is 2.41. The maximum Gasteiger partial charge on any atom is 0.231 e. The summed E-state index contributed by atoms with van der Waals surface area (Å²) < 4.78 is 101. The van der Waals surface area contributed by atoms with Gasteiger partial charge in [0.1, 0.15) is 0 Å². The van der Waals surface area contributed by atoms with E-state index in [0.29, 0.717) is 54.8 Å². The normalized spacial score (nSPS) is 19.4. The second-order valence-electron chi connectivity index (χ2n) is 26.5. The number of carbonyl (C=O) groups excluding carboxylic acids is 2. The van der Waals surface area contributed by atoms with Gasteiger partial charge < -0.3 is 20.0 Å². The molecule has 6 N–H and O–H groups in total. The topological polar surface area (TPSA) is 329 Å². The number of hydrogen-bond donors (Lipinski definition) is 6. The number of halogens is 2. The Balaban J connectivity index is 0.000000148. The number of piperidine rings is 4. The lowest BCUT2D eigenvalue weighted by Crippen LogP contribution is -2.55. The van der Waals surface area contributed by atoms with Crippen molar-refractivity contribution in [3.05, 3.63) is 94.5 Å². The van der Waals surface area contributed by atoms with E-state index in [1.807, 2.05) is 48.7 Å². The fourth-order valence-electron chi connectivity index (χ4n) is 13.2. The number of carbonyl (C=O) groups is 2. The molecule has 4 fully saturated rings. The van der Waals surface area contributed by atoms with E-state index in [0.717, 1.165) is 130 Å². The summed E-state index contributed by atoms with van der Waals surface area (Å²) in [6, 6.07) is 15.4. The highest BCUT2D eigenvalue weighted by atomic mass is 35.5. The van der Waals surface area contributed by atoms with Gasteiger partial charge in [-0.05, 0) is 115 Å². The number of hydrogen-bond acceptors (Lipinski definition) is 16. The molecule has 4 saturated heterocycles. The fourth-order valence-corrected chi connectivity index (χ4v) is 16.8. The van der Waals surface area contributed by atoms with Crippen molar-refractivity contribution >= 4 is 141 Å². The molecule has 8 heterocycles. The second-order valence-corrected chi connectivity index (χ2v) is 35.2. The van der Waals surface area contributed by atoms with E-state index in [2.05, 4.69) is 88.3 Å². The number of aromatic amines is 4. The Bertz CT molecular complexity index is 4540. The van der Waals surface area contributed by atoms with E-state index in [9.17, 15) is 43.3 Å². The molecule has 32 heteroatoms. The van der Waals surface area contributed by atoms with Crippen molar-refractivity contribution in [3.63, 3.8) is 0 Å². The Morgan fingerprint density at radius 2 is 0.894 bits per heavy atom. The molecule has 4 aliphatic rings. The third-order valence-corrected chi connectivity index (χ3v) is 23.4. The zero-order valence-corrected chi connectivity index (χ0v) is 59.9. The fraction of sp³-hybridized carbons (Fsp3) is 0.516. The number of fused-ring (bicyclic) bond motifs is 4. The molecule has 0 spiro atoms. The van der Waals surface area contributed by atoms with Crippen LogP contribution in [0.1, 0.15) is 103 Å². The summed E-state index contributed by atoms with van der Waals surface area (Å²) in [5, 5.41) is 36.7. The van der Waals surface area contributed by atoms with Crippen LogP contribution < -0.4 is 29.0 Å². The SMILES string of the molecule is CC(=O)N(C)c1cc(C2CCN(S(C)(=O)=O)CC2)c2cn[nH]c2c1.CC(=O)NC1CCN(c2cc(Cl)cc3[nH]ncc23)CC1(C)C.CC1(C)CN(c2cc(Cl)cc3[nH]ncc23)CCC1NS(C)(=O)=O.CN(c1cc(C2CCN(S(C)(=O)=O)CC2)c2cn[nH]c2c1)S(C)(=O)=O. The van der Waals surface area contributed by atoms with Gasteiger partial charge in [0.2, 0.25) is 51.9 Å². The van der Waals surface area contributed by atoms with Gasteiger partial charge in [0.05, 0.1) is 77.6 Å². The van der Waals surface area contributed by atoms with Crippen LogP contribution in [-0.2, 0) is 49.7 Å². The lowest BCUT2D eigenvalue weighted by atomic mass is 9.78. The number of rotatable bonds is 12. The zero-order valence-electron chi connectivity index (χ0n) is 55.1. The third-order valence-electron chi connectivity index (χ3n) is 18.5. The van der Waals surface area contributed by atoms with Gasteiger partial charge in [0.15, 0.2) is 0 Å². The van der Waals surface area contributed by atoms with Gasteiger partial charge in [-0.15, -0.1) is 0 Å². The van der Waals surface area contributed by atoms with Crippen LogP contribution in [0.4, 0.5) is 22.7 Å². The standard InChI is InChI=1S/C16H21ClN4O.C16H22N4O3S.C15H21ClN4O2S.C15H22N4O4S2/c1-10(22)19-15-4-5-21(9-16(15,2)3)14-7-11(17)6-13-12(14)8-18-20-13;1-11(21)19(2)13-8-14(15-10-17-18-16(15)9-13)12-4-6-20(7-5-12)24(3,22)23;1-15(2)9-20(5-4-14(15)19-23(3,21)22)13-7-10(16)6-12-11(13)8-17-18-12;1-18(24(2,20)21)12-8-13(14-10-16-17-15(14)9-12)11-4-6-19(7-5-11)25(3,22)23/h6-8,15H,4-5,9H2,1-3H3,(H,18,20)(H,19,22);8-10,12H,4-7H2,1-3H3,(H,17,18);6-8,14,19H,4-5,9H2,1-3H3,(H,17,18);8-11H,4-7H2,1-3H3,(H,16,17). The summed E-state index contributed by atoms with van der Waals surface area (Å²) in [5.74, 6) is 0.410. The molecular weight excluding hydrogens is 1330 g/mol. The van der Waals surface area contributed by atoms with Crippen molar-refractivity contribution in [1.82, 2.24) is 59.4 Å². The van der Waals surface area contributed by atoms with Gasteiger partial charge in [-0.1, -0.05) is 50.9 Å². The first-order valence-electron chi connectivity index (χ1n) is 30.9. The second kappa shape index (κ2) is 28.2. The van der Waals surface area contributed by atoms with Gasteiger partial charge in [0.25, 0.3) is 0 Å². The molecule has 4 aromatic carbocycles. The third kappa shape index (κ3) is 17.1. The molecule has 2 unspecified atom stereocenters. The Hall–Kier alpha value is -6.64. The van der Waals surface area contributed by atoms with Crippen molar-refractivity contribution in [3.8, 4) is 0 Å². The zero-order chi connectivity index (χ0) is 68.6. The lowest BCUT2D eigenvalue weighted by Gasteiger charge is -2.45. The van der Waals surface area contributed by atoms with Crippen LogP contribution in [0.5, 0.6) is 0 Å². The molecule has 26 nitrogen and oxygen atoms in total. The van der Waals surface area contributed by atoms with E-state index >= 15 is 0 Å². The summed E-state index contributed by atoms with van der Waals surface area (Å²) in [6.45, 7) is 16.9. The number of H-pyrrole nitrogens is 4. The minimum absolute atomic E-state index is 0.0116. The van der Waals surface area contributed by atoms with Crippen molar-refractivity contribution in [2.75, 3.05) is 110 Å². The van der Waals surface area contributed by atoms with E-state index in [1.165, 1.54) is 45.7 Å². The lowest BCUT2D eigenvalue weighted by molar-refractivity contribution is -0.120. The van der Waals surface area contributed by atoms with Gasteiger partial charge in [-0.25, -0.2) is 47.0 Å². The van der Waals surface area contributed by atoms with Crippen LogP contribution in [0, 0.1) is 10.8 Å². The quantitative estimate of drug-likeness (QED) is 0.0672. The molecule has 12 rings (SSSR count). The number of anilines is 4. The molecule has 0 bridgehead atoms. The van der Waals surface area contributed by atoms with E-state index in [-0.39, 0.29) is 46.6 Å². The molecule has 4 aliphatic heterocycles. The number of nitrogens with one attached hydrogen (secondary N) is 6. The summed E-state index contributed by atoms with van der Waals surface area (Å²) in [4.78, 5) is 29.3. The first-order valence-corrected chi connectivity index (χ1v) is 39.1. The molecule has 4 aromatic heterocycles. The van der Waals surface area contributed by atoms with E-state index in [1.54, 1.807) is 43.5 Å². The minimum atomic E-state index is -3.37. The number of aromatic nitrogens is 8. The highest BCUT2D eigenvalue weighted by Gasteiger charge is 2.39. The predicted molar refractivity (Wildman–Crippen MR) is 374 cm³/mol. The summed E-state index contributed by atoms with van der Waals surface area (Å²) in [5.41, 5.74) is 8.96. The minimum Gasteiger partial charge on any atom is -0.370 e. The average molecular weight is 1410 g/mol. The van der Waals surface area contributed by atoms with E-state index in [4.69, 9.17) is 23.2 Å². The van der Waals surface area contributed by atoms with Crippen molar-refractivity contribution in [1.29, 1.82) is 0 Å². The molecule has 0 aliphatic carbocycles. The van der Waals surface area contributed by atoms with E-state index < -0.39 is 40.1 Å². The Morgan fingerprint density at radius 3 is 1.26 bits per heavy atom. The van der Waals surface area contributed by atoms with Crippen molar-refractivity contribution < 1.29 is 43.3 Å². The molecule has 512 valence electrons. The monoisotopic (exact) mass is 1410 g/mol. The van der Waals surface area contributed by atoms with Crippen molar-refractivity contribution in [2.24, 2.45) is 10.8 Å². The number of amides is 2. The average Bonchev–Trinajstić information content (AvgIpc) is 1.37. The molecule has 8 aromatic rings. The molecule has 94 heavy (non-hydrogen) atoms. The largest absolute Gasteiger partial charge is 0.370 e. The molecule has 0 radical (unpaired) electrons. The maximum absolute atomic E-state index is 11.9. The molecule has 2 atom stereocenters. The highest BCUT2D eigenvalue weighted by molar-refractivity contribution is 7.92. The summed E-state index contributed by atoms with van der Waals surface area (Å²) in [6.07, 6.45) is 16.6. The van der Waals surface area contributed by atoms with Crippen LogP contribution in [-0.4, -0.2) is 198 Å². The van der Waals surface area contributed by atoms with Gasteiger partial charge in [-0.3, -0.25) is 34.3 Å². The summed E-state index contributed by atoms with van der Waals surface area (Å²) >= 11 is 12.5. The Kier molecular flexibility index (Phi) is 21.5. The summed E-state index contributed by atoms with van der Waals surface area (Å²) in [7, 11) is -9.63. The first kappa shape index (κ1) is 71.6. The molecule has 2 amide bonds. The van der Waals surface area contributed by atoms with Crippen LogP contribution in [0.2, 0.25) is 10.0 Å². The molecular formula is C62H86Cl2N16O10S4. The van der Waals surface area contributed by atoms with Gasteiger partial charge in [-0.2, -0.15) is 20.4 Å². The Labute approximate surface area is 560 Å². The van der Waals surface area contributed by atoms with Crippen LogP contribution >= 0.6 is 23.2 Å². The maximum atomic E-state index is 11.9. The van der Waals surface area contributed by atoms with Crippen molar-refractivity contribution in [2.45, 2.75) is 104 Å². The van der Waals surface area contributed by atoms with Crippen LogP contribution in [0.15, 0.2) is 73.3 Å². The number of nitrogens with zero attached hydrogens (tertiary/aromatic N) is 10. The smallest absolute Gasteiger partial charge is 0.231 e. The first-order chi connectivity index (χ1) is 43.9. The van der Waals surface area contributed by atoms with Crippen LogP contribution in [0.25, 0.3) is 43.6 Å². The number of sulfonamides is 4. The Morgan fingerprint density at radius 1 is 0.521 bits per heavy atom. The van der Waals surface area contributed by atoms with Gasteiger partial charge >= 0.3 is 0 Å².